The van der Waals surface area contributed by atoms with E-state index < -0.39 is 0 Å². The van der Waals surface area contributed by atoms with Crippen molar-refractivity contribution in [2.45, 2.75) is 27.7 Å². The zero-order valence-corrected chi connectivity index (χ0v) is 20.8. The van der Waals surface area contributed by atoms with Crippen molar-refractivity contribution in [2.24, 2.45) is 0 Å². The summed E-state index contributed by atoms with van der Waals surface area (Å²) in [5, 5.41) is 6.12. The van der Waals surface area contributed by atoms with E-state index in [-0.39, 0.29) is 18.4 Å². The van der Waals surface area contributed by atoms with Gasteiger partial charge in [0, 0.05) is 16.0 Å². The highest BCUT2D eigenvalue weighted by atomic mass is 32.1. The molecule has 1 aliphatic heterocycles. The Labute approximate surface area is 207 Å². The molecule has 0 saturated carbocycles. The number of amides is 2. The molecule has 0 aliphatic carbocycles. The lowest BCUT2D eigenvalue weighted by atomic mass is 10.1. The van der Waals surface area contributed by atoms with Gasteiger partial charge in [0.05, 0.1) is 31.2 Å². The average Bonchev–Trinajstić information content (AvgIpc) is 3.20. The van der Waals surface area contributed by atoms with Crippen LogP contribution >= 0.6 is 11.3 Å². The number of nitrogens with one attached hydrogen (secondary N) is 2. The highest BCUT2D eigenvalue weighted by Crippen LogP contribution is 2.40. The van der Waals surface area contributed by atoms with Crippen molar-refractivity contribution in [2.75, 3.05) is 37.1 Å². The topological polar surface area (TPSA) is 108 Å². The monoisotopic (exact) mass is 497 g/mol. The Kier molecular flexibility index (Phi) is 7.40. The Morgan fingerprint density at radius 3 is 2.43 bits per heavy atom. The van der Waals surface area contributed by atoms with Crippen molar-refractivity contribution in [3.63, 3.8) is 0 Å². The molecule has 10 heteroatoms. The number of fused-ring (bicyclic) bond motifs is 1. The molecule has 184 valence electrons. The predicted molar refractivity (Wildman–Crippen MR) is 134 cm³/mol. The Hall–Kier alpha value is -3.79. The van der Waals surface area contributed by atoms with Crippen LogP contribution in [0.5, 0.6) is 23.0 Å². The molecule has 2 N–H and O–H groups in total. The van der Waals surface area contributed by atoms with E-state index in [0.717, 1.165) is 10.4 Å². The van der Waals surface area contributed by atoms with E-state index in [4.69, 9.17) is 18.9 Å². The van der Waals surface area contributed by atoms with Crippen LogP contribution in [0, 0.1) is 6.92 Å². The van der Waals surface area contributed by atoms with Crippen LogP contribution in [0.15, 0.2) is 30.3 Å². The highest BCUT2D eigenvalue weighted by molar-refractivity contribution is 7.16. The smallest absolute Gasteiger partial charge is 0.262 e. The number of aryl methyl sites for hydroxylation is 1. The minimum atomic E-state index is -0.346. The van der Waals surface area contributed by atoms with Crippen molar-refractivity contribution in [3.8, 4) is 34.3 Å². The molecule has 0 fully saturated rings. The molecule has 0 saturated heterocycles. The predicted octanol–water partition coefficient (Wildman–Crippen LogP) is 4.90. The number of hydrogen-bond acceptors (Lipinski definition) is 8. The lowest BCUT2D eigenvalue weighted by molar-refractivity contribution is -0.118. The number of carbonyl (C=O) groups excluding carboxylic acids is 2. The minimum absolute atomic E-state index is 0.000174. The Balaban J connectivity index is 1.60. The van der Waals surface area contributed by atoms with Gasteiger partial charge in [0.1, 0.15) is 5.75 Å². The Morgan fingerprint density at radius 2 is 1.77 bits per heavy atom. The maximum absolute atomic E-state index is 13.1. The van der Waals surface area contributed by atoms with Crippen LogP contribution in [0.3, 0.4) is 0 Å². The van der Waals surface area contributed by atoms with E-state index in [1.165, 1.54) is 11.3 Å². The SMILES string of the molecule is CCOc1cc(C(=O)Nc2nc(-c3ccc4c(c3)NC(=O)CO4)c(C)s2)cc(OCC)c1OCC. The van der Waals surface area contributed by atoms with E-state index in [0.29, 0.717) is 64.9 Å². The second-order valence-electron chi connectivity index (χ2n) is 7.53. The molecular formula is C25H27N3O6S. The summed E-state index contributed by atoms with van der Waals surface area (Å²) < 4.78 is 22.6. The number of benzene rings is 2. The van der Waals surface area contributed by atoms with Crippen molar-refractivity contribution in [3.05, 3.63) is 40.8 Å². The molecule has 0 bridgehead atoms. The van der Waals surface area contributed by atoms with Gasteiger partial charge in [0.2, 0.25) is 5.75 Å². The molecule has 1 aliphatic rings. The summed E-state index contributed by atoms with van der Waals surface area (Å²) in [4.78, 5) is 30.3. The Bertz CT molecular complexity index is 1230. The fourth-order valence-corrected chi connectivity index (χ4v) is 4.47. The zero-order chi connectivity index (χ0) is 24.9. The maximum Gasteiger partial charge on any atom is 0.262 e. The first-order valence-electron chi connectivity index (χ1n) is 11.4. The van der Waals surface area contributed by atoms with Crippen LogP contribution in [0.25, 0.3) is 11.3 Å². The summed E-state index contributed by atoms with van der Waals surface area (Å²) in [6, 6.07) is 8.76. The average molecular weight is 498 g/mol. The van der Waals surface area contributed by atoms with Crippen LogP contribution in [-0.4, -0.2) is 43.2 Å². The van der Waals surface area contributed by atoms with Gasteiger partial charge in [0.25, 0.3) is 11.8 Å². The molecule has 4 rings (SSSR count). The van der Waals surface area contributed by atoms with E-state index in [2.05, 4.69) is 15.6 Å². The summed E-state index contributed by atoms with van der Waals surface area (Å²) >= 11 is 1.36. The molecule has 2 heterocycles. The number of anilines is 2. The lowest BCUT2D eigenvalue weighted by Gasteiger charge is -2.18. The van der Waals surface area contributed by atoms with Gasteiger partial charge in [-0.3, -0.25) is 14.9 Å². The third-order valence-electron chi connectivity index (χ3n) is 5.07. The molecule has 0 atom stereocenters. The van der Waals surface area contributed by atoms with Gasteiger partial charge in [-0.1, -0.05) is 0 Å². The van der Waals surface area contributed by atoms with E-state index in [9.17, 15) is 9.59 Å². The molecule has 2 amide bonds. The third kappa shape index (κ3) is 5.32. The number of ether oxygens (including phenoxy) is 4. The van der Waals surface area contributed by atoms with Gasteiger partial charge >= 0.3 is 0 Å². The second-order valence-corrected chi connectivity index (χ2v) is 8.73. The van der Waals surface area contributed by atoms with Gasteiger partial charge < -0.3 is 24.3 Å². The first-order valence-corrected chi connectivity index (χ1v) is 12.2. The number of carbonyl (C=O) groups is 2. The van der Waals surface area contributed by atoms with Crippen LogP contribution in [0.2, 0.25) is 0 Å². The second kappa shape index (κ2) is 10.6. The molecule has 9 nitrogen and oxygen atoms in total. The largest absolute Gasteiger partial charge is 0.490 e. The molecule has 0 unspecified atom stereocenters. The van der Waals surface area contributed by atoms with Crippen LogP contribution < -0.4 is 29.6 Å². The highest BCUT2D eigenvalue weighted by Gasteiger charge is 2.21. The fourth-order valence-electron chi connectivity index (χ4n) is 3.64. The van der Waals surface area contributed by atoms with Crippen LogP contribution in [-0.2, 0) is 4.79 Å². The minimum Gasteiger partial charge on any atom is -0.490 e. The number of hydrogen-bond donors (Lipinski definition) is 2. The van der Waals surface area contributed by atoms with Crippen molar-refractivity contribution in [1.82, 2.24) is 4.98 Å². The maximum atomic E-state index is 13.1. The van der Waals surface area contributed by atoms with Gasteiger partial charge in [-0.05, 0) is 58.0 Å². The number of nitrogens with zero attached hydrogens (tertiary/aromatic N) is 1. The fraction of sp³-hybridized carbons (Fsp3) is 0.320. The summed E-state index contributed by atoms with van der Waals surface area (Å²) in [7, 11) is 0. The summed E-state index contributed by atoms with van der Waals surface area (Å²) in [6.07, 6.45) is 0. The van der Waals surface area contributed by atoms with Crippen molar-refractivity contribution in [1.29, 1.82) is 0 Å². The van der Waals surface area contributed by atoms with Crippen LogP contribution in [0.4, 0.5) is 10.8 Å². The van der Waals surface area contributed by atoms with Crippen molar-refractivity contribution >= 4 is 34.0 Å². The zero-order valence-electron chi connectivity index (χ0n) is 20.0. The molecule has 0 spiro atoms. The molecule has 3 aromatic rings. The molecule has 0 radical (unpaired) electrons. The quantitative estimate of drug-likeness (QED) is 0.433. The normalized spacial score (nSPS) is 12.3. The number of aromatic nitrogens is 1. The van der Waals surface area contributed by atoms with Gasteiger partial charge in [0.15, 0.2) is 23.2 Å². The summed E-state index contributed by atoms with van der Waals surface area (Å²) in [6.45, 7) is 8.79. The van der Waals surface area contributed by atoms with E-state index in [1.54, 1.807) is 18.2 Å². The van der Waals surface area contributed by atoms with Crippen molar-refractivity contribution < 1.29 is 28.5 Å². The molecule has 2 aromatic carbocycles. The Morgan fingerprint density at radius 1 is 1.09 bits per heavy atom. The number of thiazole rings is 1. The standard InChI is InChI=1S/C25H27N3O6S/c1-5-31-19-11-16(12-20(32-6-2)23(19)33-7-3)24(30)28-25-27-22(14(4)35-25)15-8-9-18-17(10-15)26-21(29)13-34-18/h8-12H,5-7,13H2,1-4H3,(H,26,29)(H,27,28,30). The molecule has 35 heavy (non-hydrogen) atoms. The molecule has 1 aromatic heterocycles. The molecular weight excluding hydrogens is 470 g/mol. The van der Waals surface area contributed by atoms with E-state index in [1.807, 2.05) is 39.8 Å². The number of rotatable bonds is 9. The third-order valence-corrected chi connectivity index (χ3v) is 5.96. The van der Waals surface area contributed by atoms with Gasteiger partial charge in [-0.25, -0.2) is 4.98 Å². The van der Waals surface area contributed by atoms with Gasteiger partial charge in [-0.15, -0.1) is 11.3 Å². The summed E-state index contributed by atoms with van der Waals surface area (Å²) in [5.74, 6) is 1.43. The van der Waals surface area contributed by atoms with E-state index >= 15 is 0 Å². The first-order chi connectivity index (χ1) is 16.9. The lowest BCUT2D eigenvalue weighted by Crippen LogP contribution is -2.25. The summed E-state index contributed by atoms with van der Waals surface area (Å²) in [5.41, 5.74) is 2.48. The first kappa shape index (κ1) is 24.3. The van der Waals surface area contributed by atoms with Gasteiger partial charge in [-0.2, -0.15) is 0 Å². The van der Waals surface area contributed by atoms with Crippen LogP contribution in [0.1, 0.15) is 36.0 Å².